The number of rotatable bonds is 11. The summed E-state index contributed by atoms with van der Waals surface area (Å²) < 4.78 is 10.7. The van der Waals surface area contributed by atoms with E-state index in [1.54, 1.807) is 18.1 Å². The van der Waals surface area contributed by atoms with E-state index in [0.29, 0.717) is 30.8 Å². The van der Waals surface area contributed by atoms with E-state index in [-0.39, 0.29) is 41.8 Å². The Morgan fingerprint density at radius 1 is 1.28 bits per heavy atom. The Bertz CT molecular complexity index is 1440. The molecule has 4 rings (SSSR count). The number of amides is 1. The Labute approximate surface area is 226 Å². The molecule has 0 bridgehead atoms. The number of nitrogens with one attached hydrogen (secondary N) is 2. The minimum absolute atomic E-state index is 0.0230. The number of H-pyrrole nitrogens is 1. The number of hydrogen-bond donors (Lipinski definition) is 4. The summed E-state index contributed by atoms with van der Waals surface area (Å²) in [5, 5.41) is 13.9. The number of aliphatic imine (C=N–C) groups is 1. The summed E-state index contributed by atoms with van der Waals surface area (Å²) in [5.74, 6) is -0.630. The molecule has 1 saturated heterocycles. The number of likely N-dealkylation sites (tertiary alicyclic amines) is 1. The number of imidazole rings is 1. The number of carbonyl (C=O) groups is 2. The molecular formula is C28H32N6O5. The number of methoxy groups -OCH3 is 2. The van der Waals surface area contributed by atoms with Crippen molar-refractivity contribution in [2.24, 2.45) is 10.7 Å². The van der Waals surface area contributed by atoms with Gasteiger partial charge in [0.2, 0.25) is 0 Å². The first-order valence-corrected chi connectivity index (χ1v) is 12.4. The van der Waals surface area contributed by atoms with E-state index >= 15 is 0 Å². The van der Waals surface area contributed by atoms with Crippen LogP contribution in [-0.4, -0.2) is 78.5 Å². The molecule has 1 aliphatic heterocycles. The molecule has 11 nitrogen and oxygen atoms in total. The standard InChI is InChI=1S/C28H32N6O5/c1-30-24(25-32-26(27(33-25)39-3)31-15-23(35)36)19(13-18-9-6-8-17-7-4-5-10-21(17)18)14-22(29)28(37)34-12-11-20(16-34)38-2/h4-10,14,20,31H,1,11-13,15-16,29H2,2-3H3,(H,32,33)(H,35,36)/b22-14-,24-19-. The molecular weight excluding hydrogens is 500 g/mol. The fraction of sp³-hybridized carbons (Fsp3) is 0.286. The Morgan fingerprint density at radius 3 is 2.74 bits per heavy atom. The van der Waals surface area contributed by atoms with Crippen LogP contribution in [0.1, 0.15) is 17.8 Å². The van der Waals surface area contributed by atoms with Gasteiger partial charge in [0.05, 0.1) is 18.9 Å². The number of aliphatic carboxylic acids is 1. The largest absolute Gasteiger partial charge is 0.480 e. The monoisotopic (exact) mass is 532 g/mol. The molecule has 1 aromatic heterocycles. The van der Waals surface area contributed by atoms with Gasteiger partial charge < -0.3 is 35.5 Å². The van der Waals surface area contributed by atoms with Crippen molar-refractivity contribution in [3.05, 3.63) is 71.2 Å². The average molecular weight is 533 g/mol. The number of allylic oxidation sites excluding steroid dienone is 2. The van der Waals surface area contributed by atoms with Crippen LogP contribution in [0.25, 0.3) is 16.5 Å². The van der Waals surface area contributed by atoms with Crippen LogP contribution in [0.4, 0.5) is 5.82 Å². The summed E-state index contributed by atoms with van der Waals surface area (Å²) in [7, 11) is 3.05. The van der Waals surface area contributed by atoms with Gasteiger partial charge in [-0.25, -0.2) is 0 Å². The third kappa shape index (κ3) is 6.27. The number of nitrogens with zero attached hydrogens (tertiary/aromatic N) is 3. The van der Waals surface area contributed by atoms with Crippen LogP contribution >= 0.6 is 0 Å². The summed E-state index contributed by atoms with van der Waals surface area (Å²) >= 11 is 0. The van der Waals surface area contributed by atoms with E-state index in [0.717, 1.165) is 22.8 Å². The minimum atomic E-state index is -1.05. The lowest BCUT2D eigenvalue weighted by Gasteiger charge is -2.17. The zero-order valence-electron chi connectivity index (χ0n) is 21.9. The molecule has 1 amide bonds. The minimum Gasteiger partial charge on any atom is -0.480 e. The highest BCUT2D eigenvalue weighted by Gasteiger charge is 2.27. The van der Waals surface area contributed by atoms with Crippen molar-refractivity contribution in [2.75, 3.05) is 39.2 Å². The van der Waals surface area contributed by atoms with Gasteiger partial charge in [-0.2, -0.15) is 4.98 Å². The highest BCUT2D eigenvalue weighted by Crippen LogP contribution is 2.30. The van der Waals surface area contributed by atoms with Crippen LogP contribution in [0, 0.1) is 0 Å². The van der Waals surface area contributed by atoms with E-state index in [4.69, 9.17) is 20.3 Å². The van der Waals surface area contributed by atoms with Gasteiger partial charge in [-0.3, -0.25) is 14.6 Å². The normalized spacial score (nSPS) is 16.2. The molecule has 1 atom stereocenters. The van der Waals surface area contributed by atoms with E-state index < -0.39 is 5.97 Å². The van der Waals surface area contributed by atoms with Gasteiger partial charge >= 0.3 is 5.97 Å². The van der Waals surface area contributed by atoms with Crippen LogP contribution in [0.2, 0.25) is 0 Å². The smallest absolute Gasteiger partial charge is 0.322 e. The van der Waals surface area contributed by atoms with Crippen LogP contribution in [0.3, 0.4) is 0 Å². The first-order chi connectivity index (χ1) is 18.8. The number of carboxylic acid groups (broad SMARTS) is 1. The maximum absolute atomic E-state index is 13.2. The molecule has 1 fully saturated rings. The lowest BCUT2D eigenvalue weighted by Crippen LogP contribution is -2.33. The summed E-state index contributed by atoms with van der Waals surface area (Å²) in [6.07, 6.45) is 2.69. The molecule has 1 unspecified atom stereocenters. The van der Waals surface area contributed by atoms with Gasteiger partial charge in [-0.05, 0) is 41.1 Å². The number of hydrogen-bond acceptors (Lipinski definition) is 8. The molecule has 0 aliphatic carbocycles. The van der Waals surface area contributed by atoms with Gasteiger partial charge in [0.25, 0.3) is 11.8 Å². The number of aromatic amines is 1. The SMILES string of the molecule is C=N/C(=C(\C=C(/N)C(=O)N1CCC(OC)C1)Cc1cccc2ccccc12)c1nc(OC)c(NCC(=O)O)[nH]1. The van der Waals surface area contributed by atoms with Crippen molar-refractivity contribution in [3.63, 3.8) is 0 Å². The maximum atomic E-state index is 13.2. The van der Waals surface area contributed by atoms with Crippen molar-refractivity contribution in [1.29, 1.82) is 0 Å². The maximum Gasteiger partial charge on any atom is 0.322 e. The van der Waals surface area contributed by atoms with Crippen molar-refractivity contribution in [1.82, 2.24) is 14.9 Å². The van der Waals surface area contributed by atoms with E-state index in [2.05, 4.69) is 27.0 Å². The van der Waals surface area contributed by atoms with Gasteiger partial charge in [-0.1, -0.05) is 42.5 Å². The summed E-state index contributed by atoms with van der Waals surface area (Å²) in [6.45, 7) is 4.42. The van der Waals surface area contributed by atoms with Gasteiger partial charge in [0.15, 0.2) is 11.6 Å². The van der Waals surface area contributed by atoms with Gasteiger partial charge in [0, 0.05) is 26.6 Å². The molecule has 5 N–H and O–H groups in total. The Hall–Kier alpha value is -4.64. The molecule has 2 heterocycles. The second-order valence-electron chi connectivity index (χ2n) is 9.06. The predicted octanol–water partition coefficient (Wildman–Crippen LogP) is 2.81. The van der Waals surface area contributed by atoms with Gasteiger partial charge in [-0.15, -0.1) is 0 Å². The lowest BCUT2D eigenvalue weighted by molar-refractivity contribution is -0.135. The third-order valence-electron chi connectivity index (χ3n) is 6.57. The molecule has 1 aliphatic rings. The van der Waals surface area contributed by atoms with Crippen molar-refractivity contribution >= 4 is 40.9 Å². The quantitative estimate of drug-likeness (QED) is 0.167. The first kappa shape index (κ1) is 27.4. The average Bonchev–Trinajstić information content (AvgIpc) is 3.59. The highest BCUT2D eigenvalue weighted by molar-refractivity contribution is 5.94. The second-order valence-corrected chi connectivity index (χ2v) is 9.06. The third-order valence-corrected chi connectivity index (χ3v) is 6.57. The topological polar surface area (TPSA) is 155 Å². The molecule has 0 radical (unpaired) electrons. The van der Waals surface area contributed by atoms with Crippen molar-refractivity contribution in [3.8, 4) is 5.88 Å². The fourth-order valence-electron chi connectivity index (χ4n) is 4.62. The molecule has 11 heteroatoms. The lowest BCUT2D eigenvalue weighted by atomic mass is 9.96. The Kier molecular flexibility index (Phi) is 8.62. The van der Waals surface area contributed by atoms with Crippen molar-refractivity contribution in [2.45, 2.75) is 18.9 Å². The van der Waals surface area contributed by atoms with Crippen molar-refractivity contribution < 1.29 is 24.2 Å². The zero-order chi connectivity index (χ0) is 27.9. The summed E-state index contributed by atoms with van der Waals surface area (Å²) in [5.41, 5.74) is 8.34. The molecule has 3 aromatic rings. The number of benzene rings is 2. The summed E-state index contributed by atoms with van der Waals surface area (Å²) in [4.78, 5) is 37.7. The van der Waals surface area contributed by atoms with Crippen LogP contribution < -0.4 is 15.8 Å². The fourth-order valence-corrected chi connectivity index (χ4v) is 4.62. The molecule has 0 saturated carbocycles. The summed E-state index contributed by atoms with van der Waals surface area (Å²) in [6, 6.07) is 14.0. The number of fused-ring (bicyclic) bond motifs is 1. The molecule has 2 aromatic carbocycles. The number of ether oxygens (including phenoxy) is 2. The number of carboxylic acids is 1. The predicted molar refractivity (Wildman–Crippen MR) is 150 cm³/mol. The first-order valence-electron chi connectivity index (χ1n) is 12.4. The van der Waals surface area contributed by atoms with E-state index in [1.807, 2.05) is 42.5 Å². The van der Waals surface area contributed by atoms with Crippen LogP contribution in [-0.2, 0) is 20.7 Å². The second kappa shape index (κ2) is 12.3. The molecule has 204 valence electrons. The Morgan fingerprint density at radius 2 is 2.05 bits per heavy atom. The van der Waals surface area contributed by atoms with Crippen LogP contribution in [0.15, 0.2) is 64.8 Å². The number of carbonyl (C=O) groups excluding carboxylic acids is 1. The zero-order valence-corrected chi connectivity index (χ0v) is 21.9. The number of anilines is 1. The van der Waals surface area contributed by atoms with E-state index in [9.17, 15) is 9.59 Å². The van der Waals surface area contributed by atoms with E-state index in [1.165, 1.54) is 7.11 Å². The van der Waals surface area contributed by atoms with Gasteiger partial charge in [0.1, 0.15) is 12.2 Å². The number of aromatic nitrogens is 2. The highest BCUT2D eigenvalue weighted by atomic mass is 16.5. The molecule has 0 spiro atoms. The van der Waals surface area contributed by atoms with Crippen LogP contribution in [0.5, 0.6) is 5.88 Å². The molecule has 39 heavy (non-hydrogen) atoms. The number of nitrogens with two attached hydrogens (primary N) is 1. The Balaban J connectivity index is 1.80.